The van der Waals surface area contributed by atoms with Crippen LogP contribution in [0.5, 0.6) is 0 Å². The van der Waals surface area contributed by atoms with E-state index in [1.165, 1.54) is 114 Å². The van der Waals surface area contributed by atoms with Gasteiger partial charge < -0.3 is 14.6 Å². The number of hydrogen-bond donors (Lipinski definition) is 1. The van der Waals surface area contributed by atoms with Crippen LogP contribution in [0.4, 0.5) is 4.39 Å². The van der Waals surface area contributed by atoms with Gasteiger partial charge in [-0.1, -0.05) is 169 Å². The number of hydrogen-bond acceptors (Lipinski definition) is 3. The first-order valence-corrected chi connectivity index (χ1v) is 23.8. The highest BCUT2D eigenvalue weighted by molar-refractivity contribution is 5.30. The van der Waals surface area contributed by atoms with E-state index in [0.29, 0.717) is 48.4 Å². The third kappa shape index (κ3) is 23.6. The van der Waals surface area contributed by atoms with Crippen LogP contribution in [0.25, 0.3) is 0 Å². The lowest BCUT2D eigenvalue weighted by molar-refractivity contribution is -0.0239. The topological polar surface area (TPSA) is 38.7 Å². The van der Waals surface area contributed by atoms with Crippen LogP contribution in [0.1, 0.15) is 231 Å². The van der Waals surface area contributed by atoms with E-state index in [1.54, 1.807) is 5.56 Å². The molecule has 2 aromatic carbocycles. The van der Waals surface area contributed by atoms with Crippen molar-refractivity contribution in [3.8, 4) is 0 Å². The normalized spacial score (nSPS) is 18.8. The Hall–Kier alpha value is -1.75. The molecule has 4 fully saturated rings. The molecule has 0 amide bonds. The Kier molecular flexibility index (Phi) is 25.8. The van der Waals surface area contributed by atoms with Crippen molar-refractivity contribution in [2.24, 2.45) is 23.2 Å². The molecule has 57 heavy (non-hydrogen) atoms. The Bertz CT molecular complexity index is 1230. The second-order valence-corrected chi connectivity index (χ2v) is 20.1. The van der Waals surface area contributed by atoms with Crippen LogP contribution in [-0.2, 0) is 9.47 Å². The standard InChI is InChI=1S/C19H30.C12H15F.C11H22O2.C7H14.C4H10O/c1-14(2)18(13-19(3,4)5)17-11-9-16(10-12-17)15-7-6-8-15;1-2-12(13)11-7-5-10(6-8-11)9-3-4-9;1-10(2)12-8-9-13-11-6-4-3-5-7-11;1-7-5-3-2-4-6-7;1-4(2)3-5/h9-12,14-15,18H,6-8,13H2,1-5H3;5-9,12H,2-4H2,1H3;10-11H,3-9H2,1-2H3;7H,2-6H2,1H3;4-5H,3H2,1-2H3. The molecule has 6 rings (SSSR count). The van der Waals surface area contributed by atoms with Crippen molar-refractivity contribution in [1.82, 2.24) is 0 Å². The molecule has 0 radical (unpaired) electrons. The Morgan fingerprint density at radius 3 is 1.47 bits per heavy atom. The third-order valence-electron chi connectivity index (χ3n) is 12.0. The predicted octanol–water partition coefficient (Wildman–Crippen LogP) is 16.1. The van der Waals surface area contributed by atoms with Gasteiger partial charge in [-0.2, -0.15) is 0 Å². The first-order chi connectivity index (χ1) is 27.1. The monoisotopic (exact) mass is 795 g/mol. The molecule has 2 aromatic rings. The van der Waals surface area contributed by atoms with E-state index >= 15 is 0 Å². The molecule has 0 saturated heterocycles. The average Bonchev–Trinajstić information content (AvgIpc) is 4.02. The van der Waals surface area contributed by atoms with Crippen LogP contribution in [0.2, 0.25) is 0 Å². The van der Waals surface area contributed by atoms with Crippen LogP contribution >= 0.6 is 0 Å². The molecule has 4 aliphatic carbocycles. The predicted molar refractivity (Wildman–Crippen MR) is 245 cm³/mol. The van der Waals surface area contributed by atoms with E-state index in [4.69, 9.17) is 14.6 Å². The number of alkyl halides is 1. The summed E-state index contributed by atoms with van der Waals surface area (Å²) < 4.78 is 24.3. The molecule has 1 N–H and O–H groups in total. The van der Waals surface area contributed by atoms with Gasteiger partial charge in [0, 0.05) is 6.61 Å². The molecular formula is C53H91FO3. The first kappa shape index (κ1) is 51.4. The summed E-state index contributed by atoms with van der Waals surface area (Å²) in [5.74, 6) is 4.51. The van der Waals surface area contributed by atoms with Crippen LogP contribution in [0.3, 0.4) is 0 Å². The van der Waals surface area contributed by atoms with Crippen LogP contribution < -0.4 is 0 Å². The van der Waals surface area contributed by atoms with Gasteiger partial charge in [0.2, 0.25) is 0 Å². The lowest BCUT2D eigenvalue weighted by Gasteiger charge is -2.30. The molecule has 0 spiro atoms. The van der Waals surface area contributed by atoms with Crippen LogP contribution in [0.15, 0.2) is 48.5 Å². The summed E-state index contributed by atoms with van der Waals surface area (Å²) in [7, 11) is 0. The molecule has 328 valence electrons. The maximum absolute atomic E-state index is 13.2. The minimum Gasteiger partial charge on any atom is -0.396 e. The van der Waals surface area contributed by atoms with Crippen LogP contribution in [-0.4, -0.2) is 37.1 Å². The van der Waals surface area contributed by atoms with E-state index in [0.717, 1.165) is 36.5 Å². The van der Waals surface area contributed by atoms with Gasteiger partial charge >= 0.3 is 0 Å². The smallest absolute Gasteiger partial charge is 0.125 e. The largest absolute Gasteiger partial charge is 0.396 e. The molecule has 4 aliphatic rings. The Labute approximate surface area is 353 Å². The van der Waals surface area contributed by atoms with E-state index in [9.17, 15) is 4.39 Å². The summed E-state index contributed by atoms with van der Waals surface area (Å²) in [6.07, 6.45) is 22.8. The van der Waals surface area contributed by atoms with E-state index in [-0.39, 0.29) is 0 Å². The highest BCUT2D eigenvalue weighted by atomic mass is 19.1. The van der Waals surface area contributed by atoms with Gasteiger partial charge in [-0.3, -0.25) is 0 Å². The third-order valence-corrected chi connectivity index (χ3v) is 12.0. The molecule has 0 bridgehead atoms. The number of aliphatic hydroxyl groups excluding tert-OH is 1. The second kappa shape index (κ2) is 28.7. The van der Waals surface area contributed by atoms with Crippen molar-refractivity contribution in [3.63, 3.8) is 0 Å². The van der Waals surface area contributed by atoms with Crippen molar-refractivity contribution in [3.05, 3.63) is 70.8 Å². The number of benzene rings is 2. The highest BCUT2D eigenvalue weighted by Crippen LogP contribution is 2.41. The van der Waals surface area contributed by atoms with Crippen molar-refractivity contribution in [1.29, 1.82) is 0 Å². The fourth-order valence-corrected chi connectivity index (χ4v) is 7.82. The van der Waals surface area contributed by atoms with Crippen LogP contribution in [0, 0.1) is 23.2 Å². The lowest BCUT2D eigenvalue weighted by Crippen LogP contribution is -2.20. The Morgan fingerprint density at radius 1 is 0.649 bits per heavy atom. The van der Waals surface area contributed by atoms with Gasteiger partial charge in [-0.15, -0.1) is 0 Å². The molecule has 0 aliphatic heterocycles. The Morgan fingerprint density at radius 2 is 1.12 bits per heavy atom. The van der Waals surface area contributed by atoms with Crippen molar-refractivity contribution in [2.75, 3.05) is 19.8 Å². The van der Waals surface area contributed by atoms with Gasteiger partial charge in [0.1, 0.15) is 6.17 Å². The molecular weight excluding hydrogens is 704 g/mol. The summed E-state index contributed by atoms with van der Waals surface area (Å²) in [6.45, 7) is 25.9. The fraction of sp³-hybridized carbons (Fsp3) is 0.774. The quantitative estimate of drug-likeness (QED) is 0.205. The molecule has 3 nitrogen and oxygen atoms in total. The van der Waals surface area contributed by atoms with Crippen molar-refractivity contribution >= 4 is 0 Å². The van der Waals surface area contributed by atoms with Gasteiger partial charge in [-0.25, -0.2) is 4.39 Å². The fourth-order valence-electron chi connectivity index (χ4n) is 7.82. The first-order valence-electron chi connectivity index (χ1n) is 23.8. The van der Waals surface area contributed by atoms with Gasteiger partial charge in [0.05, 0.1) is 25.4 Å². The summed E-state index contributed by atoms with van der Waals surface area (Å²) in [4.78, 5) is 0. The van der Waals surface area contributed by atoms with E-state index < -0.39 is 6.17 Å². The summed E-state index contributed by atoms with van der Waals surface area (Å²) in [6, 6.07) is 17.6. The van der Waals surface area contributed by atoms with E-state index in [2.05, 4.69) is 91.8 Å². The average molecular weight is 795 g/mol. The SMILES string of the molecule is CC(C)C(CC(C)(C)C)c1ccc(C2CCC2)cc1.CC(C)CO.CC(C)OCCOC1CCCCC1.CC1CCCCC1.CCC(F)c1ccc(C2CC2)cc1. The zero-order chi connectivity index (χ0) is 42.2. The second-order valence-electron chi connectivity index (χ2n) is 20.1. The number of rotatable bonds is 13. The van der Waals surface area contributed by atoms with Gasteiger partial charge in [0.15, 0.2) is 0 Å². The highest BCUT2D eigenvalue weighted by Gasteiger charge is 2.25. The number of ether oxygens (including phenoxy) is 2. The zero-order valence-corrected chi connectivity index (χ0v) is 39.1. The number of halogens is 1. The minimum absolute atomic E-state index is 0.306. The lowest BCUT2D eigenvalue weighted by atomic mass is 9.75. The molecule has 2 atom stereocenters. The summed E-state index contributed by atoms with van der Waals surface area (Å²) in [5.41, 5.74) is 5.71. The Balaban J connectivity index is 0.000000262. The summed E-state index contributed by atoms with van der Waals surface area (Å²) >= 11 is 0. The summed E-state index contributed by atoms with van der Waals surface area (Å²) in [5, 5.41) is 8.14. The maximum atomic E-state index is 13.2. The van der Waals surface area contributed by atoms with Gasteiger partial charge in [0.25, 0.3) is 0 Å². The van der Waals surface area contributed by atoms with E-state index in [1.807, 2.05) is 32.9 Å². The molecule has 2 unspecified atom stereocenters. The molecule has 4 saturated carbocycles. The molecule has 0 aromatic heterocycles. The number of aliphatic hydroxyl groups is 1. The molecule has 0 heterocycles. The molecule has 4 heteroatoms. The van der Waals surface area contributed by atoms with Crippen molar-refractivity contribution < 1.29 is 19.0 Å². The minimum atomic E-state index is -0.784. The zero-order valence-electron chi connectivity index (χ0n) is 39.1. The van der Waals surface area contributed by atoms with Gasteiger partial charge in [-0.05, 0) is 128 Å². The van der Waals surface area contributed by atoms with Crippen molar-refractivity contribution in [2.45, 2.75) is 221 Å². The maximum Gasteiger partial charge on any atom is 0.125 e.